The van der Waals surface area contributed by atoms with Gasteiger partial charge in [0.15, 0.2) is 11.6 Å². The first kappa shape index (κ1) is 10.4. The lowest BCUT2D eigenvalue weighted by Crippen LogP contribution is -1.94. The molecule has 0 aliphatic heterocycles. The Morgan fingerprint density at radius 2 is 2.00 bits per heavy atom. The summed E-state index contributed by atoms with van der Waals surface area (Å²) in [7, 11) is 0. The monoisotopic (exact) mass is 206 g/mol. The Bertz CT molecular complexity index is 302. The van der Waals surface area contributed by atoms with Crippen LogP contribution in [0.25, 0.3) is 0 Å². The molecule has 1 rings (SSSR count). The van der Waals surface area contributed by atoms with Crippen LogP contribution < -0.4 is 0 Å². The summed E-state index contributed by atoms with van der Waals surface area (Å²) in [6.07, 6.45) is 0.942. The highest BCUT2D eigenvalue weighted by atomic mass is 35.5. The van der Waals surface area contributed by atoms with Gasteiger partial charge in [0.25, 0.3) is 0 Å². The van der Waals surface area contributed by atoms with Gasteiger partial charge in [0.2, 0.25) is 0 Å². The number of aliphatic hydroxyl groups is 1. The Balaban J connectivity index is 2.90. The summed E-state index contributed by atoms with van der Waals surface area (Å²) in [5.41, 5.74) is 0.523. The number of benzene rings is 1. The smallest absolute Gasteiger partial charge is 0.177 e. The van der Waals surface area contributed by atoms with E-state index in [9.17, 15) is 8.78 Å². The van der Waals surface area contributed by atoms with Gasteiger partial charge in [0, 0.05) is 6.61 Å². The molecule has 0 radical (unpaired) electrons. The Morgan fingerprint density at radius 3 is 2.62 bits per heavy atom. The fraction of sp³-hybridized carbons (Fsp3) is 0.333. The van der Waals surface area contributed by atoms with Gasteiger partial charge in [-0.05, 0) is 24.5 Å². The third-order valence-electron chi connectivity index (χ3n) is 1.72. The molecule has 0 saturated heterocycles. The molecule has 4 heteroatoms. The van der Waals surface area contributed by atoms with E-state index in [1.54, 1.807) is 0 Å². The van der Waals surface area contributed by atoms with Crippen LogP contribution in [0.5, 0.6) is 0 Å². The van der Waals surface area contributed by atoms with E-state index in [1.807, 2.05) is 0 Å². The predicted octanol–water partition coefficient (Wildman–Crippen LogP) is 2.54. The molecule has 1 aromatic rings. The summed E-state index contributed by atoms with van der Waals surface area (Å²) in [6.45, 7) is 0.00925. The van der Waals surface area contributed by atoms with Crippen LogP contribution in [0.15, 0.2) is 12.1 Å². The molecule has 0 fully saturated rings. The van der Waals surface area contributed by atoms with Gasteiger partial charge in [0.05, 0.1) is 5.02 Å². The third-order valence-corrected chi connectivity index (χ3v) is 2.13. The molecule has 0 aliphatic carbocycles. The molecule has 13 heavy (non-hydrogen) atoms. The molecule has 1 N–H and O–H groups in total. The molecule has 0 aliphatic rings. The van der Waals surface area contributed by atoms with Crippen LogP contribution in [-0.2, 0) is 6.42 Å². The summed E-state index contributed by atoms with van der Waals surface area (Å²) in [6, 6.07) is 2.46. The standard InChI is InChI=1S/C9H9ClF2O/c10-8-6(2-1-5-13)3-4-7(11)9(8)12/h3-4,13H,1-2,5H2. The highest BCUT2D eigenvalue weighted by molar-refractivity contribution is 6.31. The van der Waals surface area contributed by atoms with Crippen LogP contribution in [0.3, 0.4) is 0 Å². The zero-order chi connectivity index (χ0) is 9.84. The maximum Gasteiger partial charge on any atom is 0.177 e. The van der Waals surface area contributed by atoms with Crippen LogP contribution in [0.1, 0.15) is 12.0 Å². The van der Waals surface area contributed by atoms with Crippen LogP contribution in [0.4, 0.5) is 8.78 Å². The summed E-state index contributed by atoms with van der Waals surface area (Å²) in [5.74, 6) is -1.96. The number of rotatable bonds is 3. The molecule has 0 amide bonds. The number of aliphatic hydroxyl groups excluding tert-OH is 1. The van der Waals surface area contributed by atoms with Crippen LogP contribution in [0, 0.1) is 11.6 Å². The van der Waals surface area contributed by atoms with E-state index in [2.05, 4.69) is 0 Å². The Hall–Kier alpha value is -0.670. The van der Waals surface area contributed by atoms with Crippen molar-refractivity contribution < 1.29 is 13.9 Å². The second-order valence-corrected chi connectivity index (χ2v) is 3.04. The number of halogens is 3. The van der Waals surface area contributed by atoms with Crippen LogP contribution in [-0.4, -0.2) is 11.7 Å². The minimum Gasteiger partial charge on any atom is -0.396 e. The van der Waals surface area contributed by atoms with E-state index in [0.29, 0.717) is 18.4 Å². The summed E-state index contributed by atoms with van der Waals surface area (Å²) < 4.78 is 25.4. The average Bonchev–Trinajstić information content (AvgIpc) is 2.13. The zero-order valence-corrected chi connectivity index (χ0v) is 7.61. The molecule has 0 unspecified atom stereocenters. The topological polar surface area (TPSA) is 20.2 Å². The molecule has 72 valence electrons. The minimum atomic E-state index is -1.02. The molecule has 0 saturated carbocycles. The summed E-state index contributed by atoms with van der Waals surface area (Å²) in [4.78, 5) is 0. The molecule has 0 heterocycles. The Kier molecular flexibility index (Phi) is 3.63. The highest BCUT2D eigenvalue weighted by Crippen LogP contribution is 2.23. The van der Waals surface area contributed by atoms with Gasteiger partial charge in [-0.3, -0.25) is 0 Å². The van der Waals surface area contributed by atoms with Crippen LogP contribution >= 0.6 is 11.6 Å². The van der Waals surface area contributed by atoms with Gasteiger partial charge in [-0.15, -0.1) is 0 Å². The van der Waals surface area contributed by atoms with Gasteiger partial charge >= 0.3 is 0 Å². The van der Waals surface area contributed by atoms with Gasteiger partial charge < -0.3 is 5.11 Å². The lowest BCUT2D eigenvalue weighted by Gasteiger charge is -2.04. The van der Waals surface area contributed by atoms with Crippen LogP contribution in [0.2, 0.25) is 5.02 Å². The number of aryl methyl sites for hydroxylation is 1. The summed E-state index contributed by atoms with van der Waals surface area (Å²) >= 11 is 5.54. The SMILES string of the molecule is OCCCc1ccc(F)c(F)c1Cl. The molecule has 0 atom stereocenters. The highest BCUT2D eigenvalue weighted by Gasteiger charge is 2.10. The van der Waals surface area contributed by atoms with E-state index < -0.39 is 11.6 Å². The van der Waals surface area contributed by atoms with Gasteiger partial charge in [-0.25, -0.2) is 8.78 Å². The fourth-order valence-corrected chi connectivity index (χ4v) is 1.28. The molecular weight excluding hydrogens is 198 g/mol. The van der Waals surface area contributed by atoms with Crippen molar-refractivity contribution in [2.75, 3.05) is 6.61 Å². The van der Waals surface area contributed by atoms with Crippen molar-refractivity contribution in [1.82, 2.24) is 0 Å². The second kappa shape index (κ2) is 4.53. The van der Waals surface area contributed by atoms with Gasteiger partial charge in [-0.2, -0.15) is 0 Å². The van der Waals surface area contributed by atoms with E-state index in [4.69, 9.17) is 16.7 Å². The first-order chi connectivity index (χ1) is 6.16. The van der Waals surface area contributed by atoms with E-state index >= 15 is 0 Å². The number of hydrogen-bond donors (Lipinski definition) is 1. The molecule has 1 nitrogen and oxygen atoms in total. The lowest BCUT2D eigenvalue weighted by molar-refractivity contribution is 0.288. The average molecular weight is 207 g/mol. The molecule has 0 aromatic heterocycles. The summed E-state index contributed by atoms with van der Waals surface area (Å²) in [5, 5.41) is 8.34. The van der Waals surface area contributed by atoms with E-state index in [-0.39, 0.29) is 11.6 Å². The molecule has 1 aromatic carbocycles. The lowest BCUT2D eigenvalue weighted by atomic mass is 10.1. The van der Waals surface area contributed by atoms with Crippen molar-refractivity contribution in [1.29, 1.82) is 0 Å². The molecule has 0 spiro atoms. The number of hydrogen-bond acceptors (Lipinski definition) is 1. The van der Waals surface area contributed by atoms with Crippen molar-refractivity contribution in [2.24, 2.45) is 0 Å². The minimum absolute atomic E-state index is 0.00925. The fourth-order valence-electron chi connectivity index (χ4n) is 1.03. The first-order valence-electron chi connectivity index (χ1n) is 3.90. The first-order valence-corrected chi connectivity index (χ1v) is 4.28. The second-order valence-electron chi connectivity index (χ2n) is 2.66. The van der Waals surface area contributed by atoms with Crippen molar-refractivity contribution in [3.8, 4) is 0 Å². The quantitative estimate of drug-likeness (QED) is 0.754. The zero-order valence-electron chi connectivity index (χ0n) is 6.86. The molecule has 0 bridgehead atoms. The van der Waals surface area contributed by atoms with Crippen molar-refractivity contribution in [3.63, 3.8) is 0 Å². The van der Waals surface area contributed by atoms with E-state index in [0.717, 1.165) is 6.07 Å². The maximum atomic E-state index is 12.8. The van der Waals surface area contributed by atoms with Gasteiger partial charge in [0.1, 0.15) is 0 Å². The normalized spacial score (nSPS) is 10.5. The Morgan fingerprint density at radius 1 is 1.31 bits per heavy atom. The van der Waals surface area contributed by atoms with Gasteiger partial charge in [-0.1, -0.05) is 17.7 Å². The largest absolute Gasteiger partial charge is 0.396 e. The third kappa shape index (κ3) is 2.39. The van der Waals surface area contributed by atoms with Crippen molar-refractivity contribution >= 4 is 11.6 Å². The predicted molar refractivity (Wildman–Crippen MR) is 46.8 cm³/mol. The molecular formula is C9H9ClF2O. The van der Waals surface area contributed by atoms with E-state index in [1.165, 1.54) is 6.07 Å². The maximum absolute atomic E-state index is 12.8. The van der Waals surface area contributed by atoms with Crippen molar-refractivity contribution in [3.05, 3.63) is 34.4 Å². The van der Waals surface area contributed by atoms with Crippen molar-refractivity contribution in [2.45, 2.75) is 12.8 Å². The Labute approximate surface area is 80.0 Å².